The molecule has 2 N–H and O–H groups in total. The zero-order chi connectivity index (χ0) is 17.0. The van der Waals surface area contributed by atoms with Gasteiger partial charge in [0.2, 0.25) is 0 Å². The van der Waals surface area contributed by atoms with Crippen molar-refractivity contribution >= 4 is 22.4 Å². The number of halogens is 1. The molecule has 23 heavy (non-hydrogen) atoms. The third kappa shape index (κ3) is 3.98. The second-order valence-corrected chi connectivity index (χ2v) is 6.05. The molecule has 1 amide bonds. The molecule has 2 rings (SSSR count). The largest absolute Gasteiger partial charge is 0.494 e. The lowest BCUT2D eigenvalue weighted by atomic mass is 10.1. The Morgan fingerprint density at radius 2 is 2.22 bits per heavy atom. The molecular weight excluding hydrogens is 317 g/mol. The van der Waals surface area contributed by atoms with Crippen LogP contribution in [0, 0.1) is 12.7 Å². The smallest absolute Gasteiger partial charge is 0.263 e. The molecule has 0 aliphatic rings. The number of amides is 1. The second kappa shape index (κ2) is 7.41. The standard InChI is InChI=1S/C16H20FN3O2S/c1-5-18-16-20-10(3)14(23-16)15(21)19-9(2)11-6-7-13(22-4)12(17)8-11/h6-9H,5H2,1-4H3,(H,18,20)(H,19,21). The molecule has 5 nitrogen and oxygen atoms in total. The highest BCUT2D eigenvalue weighted by Crippen LogP contribution is 2.25. The highest BCUT2D eigenvalue weighted by Gasteiger charge is 2.18. The summed E-state index contributed by atoms with van der Waals surface area (Å²) in [5, 5.41) is 6.68. The van der Waals surface area contributed by atoms with E-state index in [-0.39, 0.29) is 17.7 Å². The third-order valence-corrected chi connectivity index (χ3v) is 4.47. The number of benzene rings is 1. The molecule has 124 valence electrons. The number of anilines is 1. The van der Waals surface area contributed by atoms with Gasteiger partial charge in [-0.2, -0.15) is 0 Å². The van der Waals surface area contributed by atoms with Crippen molar-refractivity contribution in [3.05, 3.63) is 40.2 Å². The molecule has 2 aromatic rings. The van der Waals surface area contributed by atoms with Crippen LogP contribution in [0.5, 0.6) is 5.75 Å². The lowest BCUT2D eigenvalue weighted by Gasteiger charge is -2.14. The summed E-state index contributed by atoms with van der Waals surface area (Å²) in [6, 6.07) is 4.32. The fourth-order valence-electron chi connectivity index (χ4n) is 2.13. The van der Waals surface area contributed by atoms with Crippen molar-refractivity contribution in [1.29, 1.82) is 0 Å². The average molecular weight is 337 g/mol. The third-order valence-electron chi connectivity index (χ3n) is 3.35. The molecule has 1 heterocycles. The van der Waals surface area contributed by atoms with Gasteiger partial charge in [-0.3, -0.25) is 4.79 Å². The normalized spacial score (nSPS) is 11.9. The lowest BCUT2D eigenvalue weighted by molar-refractivity contribution is 0.0943. The van der Waals surface area contributed by atoms with Crippen LogP contribution in [-0.4, -0.2) is 24.5 Å². The topological polar surface area (TPSA) is 63.2 Å². The number of nitrogens with zero attached hydrogens (tertiary/aromatic N) is 1. The number of carbonyl (C=O) groups excluding carboxylic acids is 1. The van der Waals surface area contributed by atoms with E-state index in [9.17, 15) is 9.18 Å². The average Bonchev–Trinajstić information content (AvgIpc) is 2.88. The molecule has 0 aliphatic heterocycles. The van der Waals surface area contributed by atoms with E-state index in [1.807, 2.05) is 6.92 Å². The van der Waals surface area contributed by atoms with Crippen LogP contribution in [0.15, 0.2) is 18.2 Å². The van der Waals surface area contributed by atoms with Gasteiger partial charge in [-0.25, -0.2) is 9.37 Å². The molecule has 0 fully saturated rings. The molecule has 1 atom stereocenters. The van der Waals surface area contributed by atoms with E-state index in [2.05, 4.69) is 15.6 Å². The SMILES string of the molecule is CCNc1nc(C)c(C(=O)NC(C)c2ccc(OC)c(F)c2)s1. The quantitative estimate of drug-likeness (QED) is 0.846. The number of methoxy groups -OCH3 is 1. The van der Waals surface area contributed by atoms with Gasteiger partial charge in [0, 0.05) is 6.54 Å². The minimum Gasteiger partial charge on any atom is -0.494 e. The number of aryl methyl sites for hydroxylation is 1. The van der Waals surface area contributed by atoms with Crippen LogP contribution >= 0.6 is 11.3 Å². The predicted octanol–water partition coefficient (Wildman–Crippen LogP) is 3.52. The zero-order valence-electron chi connectivity index (χ0n) is 13.6. The van der Waals surface area contributed by atoms with Gasteiger partial charge < -0.3 is 15.4 Å². The van der Waals surface area contributed by atoms with E-state index in [1.165, 1.54) is 24.5 Å². The maximum Gasteiger partial charge on any atom is 0.263 e. The number of rotatable bonds is 6. The molecule has 0 bridgehead atoms. The Hall–Kier alpha value is -2.15. The number of ether oxygens (including phenoxy) is 1. The van der Waals surface area contributed by atoms with Crippen LogP contribution in [-0.2, 0) is 0 Å². The van der Waals surface area contributed by atoms with Crippen LogP contribution in [0.1, 0.15) is 40.8 Å². The fraction of sp³-hybridized carbons (Fsp3) is 0.375. The fourth-order valence-corrected chi connectivity index (χ4v) is 3.07. The van der Waals surface area contributed by atoms with Gasteiger partial charge >= 0.3 is 0 Å². The molecule has 0 spiro atoms. The van der Waals surface area contributed by atoms with Gasteiger partial charge in [0.15, 0.2) is 16.7 Å². The van der Waals surface area contributed by atoms with Crippen LogP contribution in [0.4, 0.5) is 9.52 Å². The van der Waals surface area contributed by atoms with Crippen molar-refractivity contribution in [2.45, 2.75) is 26.8 Å². The summed E-state index contributed by atoms with van der Waals surface area (Å²) < 4.78 is 18.7. The number of hydrogen-bond donors (Lipinski definition) is 2. The van der Waals surface area contributed by atoms with Crippen LogP contribution in [0.2, 0.25) is 0 Å². The number of carbonyl (C=O) groups is 1. The van der Waals surface area contributed by atoms with E-state index in [4.69, 9.17) is 4.74 Å². The van der Waals surface area contributed by atoms with Crippen molar-refractivity contribution < 1.29 is 13.9 Å². The maximum absolute atomic E-state index is 13.8. The van der Waals surface area contributed by atoms with Gasteiger partial charge in [-0.15, -0.1) is 0 Å². The maximum atomic E-state index is 13.8. The first-order valence-electron chi connectivity index (χ1n) is 7.31. The number of aromatic nitrogens is 1. The van der Waals surface area contributed by atoms with Crippen LogP contribution in [0.3, 0.4) is 0 Å². The van der Waals surface area contributed by atoms with E-state index in [0.717, 1.165) is 11.7 Å². The molecule has 0 saturated carbocycles. The summed E-state index contributed by atoms with van der Waals surface area (Å²) >= 11 is 1.31. The van der Waals surface area contributed by atoms with Gasteiger partial charge in [0.05, 0.1) is 18.8 Å². The van der Waals surface area contributed by atoms with Gasteiger partial charge in [-0.1, -0.05) is 17.4 Å². The highest BCUT2D eigenvalue weighted by molar-refractivity contribution is 7.17. The summed E-state index contributed by atoms with van der Waals surface area (Å²) in [7, 11) is 1.41. The first kappa shape index (κ1) is 17.2. The monoisotopic (exact) mass is 337 g/mol. The first-order valence-corrected chi connectivity index (χ1v) is 8.13. The minimum atomic E-state index is -0.450. The number of thiazole rings is 1. The Morgan fingerprint density at radius 3 is 2.83 bits per heavy atom. The number of hydrogen-bond acceptors (Lipinski definition) is 5. The Bertz CT molecular complexity index is 703. The van der Waals surface area contributed by atoms with Crippen molar-refractivity contribution in [1.82, 2.24) is 10.3 Å². The Labute approximate surface area is 138 Å². The summed E-state index contributed by atoms with van der Waals surface area (Å²) in [6.45, 7) is 6.32. The summed E-state index contributed by atoms with van der Waals surface area (Å²) in [5.74, 6) is -0.483. The Balaban J connectivity index is 2.11. The molecule has 0 radical (unpaired) electrons. The minimum absolute atomic E-state index is 0.181. The van der Waals surface area contributed by atoms with Gasteiger partial charge in [0.1, 0.15) is 4.88 Å². The zero-order valence-corrected chi connectivity index (χ0v) is 14.4. The summed E-state index contributed by atoms with van der Waals surface area (Å²) in [4.78, 5) is 17.3. The van der Waals surface area contributed by atoms with E-state index < -0.39 is 5.82 Å². The molecule has 1 aromatic heterocycles. The highest BCUT2D eigenvalue weighted by atomic mass is 32.1. The second-order valence-electron chi connectivity index (χ2n) is 5.05. The predicted molar refractivity (Wildman–Crippen MR) is 89.8 cm³/mol. The van der Waals surface area contributed by atoms with Crippen molar-refractivity contribution in [3.63, 3.8) is 0 Å². The van der Waals surface area contributed by atoms with Crippen molar-refractivity contribution in [2.75, 3.05) is 19.0 Å². The van der Waals surface area contributed by atoms with Crippen molar-refractivity contribution in [2.24, 2.45) is 0 Å². The first-order chi connectivity index (χ1) is 11.0. The molecule has 1 aromatic carbocycles. The van der Waals surface area contributed by atoms with E-state index in [0.29, 0.717) is 16.1 Å². The molecule has 1 unspecified atom stereocenters. The van der Waals surface area contributed by atoms with Gasteiger partial charge in [0.25, 0.3) is 5.91 Å². The molecular formula is C16H20FN3O2S. The van der Waals surface area contributed by atoms with Crippen LogP contribution in [0.25, 0.3) is 0 Å². The summed E-state index contributed by atoms with van der Waals surface area (Å²) in [6.07, 6.45) is 0. The molecule has 0 saturated heterocycles. The Morgan fingerprint density at radius 1 is 1.48 bits per heavy atom. The van der Waals surface area contributed by atoms with Crippen LogP contribution < -0.4 is 15.4 Å². The van der Waals surface area contributed by atoms with Crippen molar-refractivity contribution in [3.8, 4) is 5.75 Å². The van der Waals surface area contributed by atoms with E-state index in [1.54, 1.807) is 26.0 Å². The molecule has 7 heteroatoms. The number of nitrogens with one attached hydrogen (secondary N) is 2. The summed E-state index contributed by atoms with van der Waals surface area (Å²) in [5.41, 5.74) is 1.35. The van der Waals surface area contributed by atoms with Gasteiger partial charge in [-0.05, 0) is 38.5 Å². The molecule has 0 aliphatic carbocycles. The lowest BCUT2D eigenvalue weighted by Crippen LogP contribution is -2.26. The van der Waals surface area contributed by atoms with E-state index >= 15 is 0 Å². The Kier molecular flexibility index (Phi) is 5.54.